The molecular formula is C42H29NS. The zero-order chi connectivity index (χ0) is 29.3. The molecule has 0 unspecified atom stereocenters. The standard InChI is InChI=1S/C42H29NS/c1-4-14-30(15-5-1)31-24-26-33(27-25-31)41-38(28-29-40-42(41)36-21-11-13-23-39(36)44-40)43(34-18-8-3-9-19-34)37-22-12-10-20-35(37)32-16-6-2-7-17-32/h1-29H. The van der Waals surface area contributed by atoms with Gasteiger partial charge in [-0.25, -0.2) is 0 Å². The maximum atomic E-state index is 2.44. The van der Waals surface area contributed by atoms with E-state index in [1.807, 2.05) is 11.3 Å². The van der Waals surface area contributed by atoms with E-state index in [0.29, 0.717) is 0 Å². The summed E-state index contributed by atoms with van der Waals surface area (Å²) in [7, 11) is 0. The van der Waals surface area contributed by atoms with Crippen LogP contribution in [0.2, 0.25) is 0 Å². The first-order valence-corrected chi connectivity index (χ1v) is 15.8. The zero-order valence-electron chi connectivity index (χ0n) is 24.1. The second-order valence-electron chi connectivity index (χ2n) is 10.9. The fourth-order valence-electron chi connectivity index (χ4n) is 6.26. The molecule has 0 spiro atoms. The first kappa shape index (κ1) is 26.2. The van der Waals surface area contributed by atoms with E-state index in [4.69, 9.17) is 0 Å². The lowest BCUT2D eigenvalue weighted by Crippen LogP contribution is -2.12. The molecule has 1 aromatic heterocycles. The van der Waals surface area contributed by atoms with E-state index >= 15 is 0 Å². The molecule has 1 nitrogen and oxygen atoms in total. The molecule has 0 aliphatic heterocycles. The number of nitrogens with zero attached hydrogens (tertiary/aromatic N) is 1. The van der Waals surface area contributed by atoms with Crippen molar-refractivity contribution in [1.82, 2.24) is 0 Å². The molecule has 8 rings (SSSR count). The largest absolute Gasteiger partial charge is 0.309 e. The van der Waals surface area contributed by atoms with E-state index in [1.54, 1.807) is 0 Å². The number of para-hydroxylation sites is 2. The summed E-state index contributed by atoms with van der Waals surface area (Å²) in [6, 6.07) is 63.3. The van der Waals surface area contributed by atoms with Crippen LogP contribution in [0.5, 0.6) is 0 Å². The van der Waals surface area contributed by atoms with Crippen molar-refractivity contribution in [2.24, 2.45) is 0 Å². The number of fused-ring (bicyclic) bond motifs is 3. The van der Waals surface area contributed by atoms with Crippen LogP contribution in [0.15, 0.2) is 176 Å². The number of hydrogen-bond acceptors (Lipinski definition) is 2. The first-order valence-electron chi connectivity index (χ1n) is 14.9. The van der Waals surface area contributed by atoms with Gasteiger partial charge in [0.05, 0.1) is 11.4 Å². The molecule has 44 heavy (non-hydrogen) atoms. The smallest absolute Gasteiger partial charge is 0.0547 e. The zero-order valence-corrected chi connectivity index (χ0v) is 24.9. The fraction of sp³-hybridized carbons (Fsp3) is 0. The Balaban J connectivity index is 1.43. The van der Waals surface area contributed by atoms with Crippen molar-refractivity contribution in [2.75, 3.05) is 4.90 Å². The fourth-order valence-corrected chi connectivity index (χ4v) is 7.37. The Morgan fingerprint density at radius 3 is 1.68 bits per heavy atom. The second-order valence-corrected chi connectivity index (χ2v) is 12.0. The van der Waals surface area contributed by atoms with Gasteiger partial charge in [-0.2, -0.15) is 0 Å². The van der Waals surface area contributed by atoms with Crippen LogP contribution in [0.4, 0.5) is 17.1 Å². The lowest BCUT2D eigenvalue weighted by molar-refractivity contribution is 1.29. The van der Waals surface area contributed by atoms with Gasteiger partial charge in [0.15, 0.2) is 0 Å². The van der Waals surface area contributed by atoms with Crippen LogP contribution in [0.1, 0.15) is 0 Å². The predicted molar refractivity (Wildman–Crippen MR) is 190 cm³/mol. The molecule has 0 aliphatic rings. The van der Waals surface area contributed by atoms with Gasteiger partial charge in [-0.15, -0.1) is 11.3 Å². The van der Waals surface area contributed by atoms with Gasteiger partial charge >= 0.3 is 0 Å². The summed E-state index contributed by atoms with van der Waals surface area (Å²) in [6.45, 7) is 0. The van der Waals surface area contributed by atoms with Crippen LogP contribution in [0, 0.1) is 0 Å². The second kappa shape index (κ2) is 11.3. The van der Waals surface area contributed by atoms with Gasteiger partial charge in [0.25, 0.3) is 0 Å². The first-order chi connectivity index (χ1) is 21.8. The van der Waals surface area contributed by atoms with Gasteiger partial charge in [-0.05, 0) is 58.7 Å². The minimum absolute atomic E-state index is 1.12. The van der Waals surface area contributed by atoms with Gasteiger partial charge in [0, 0.05) is 37.0 Å². The molecule has 0 amide bonds. The summed E-state index contributed by atoms with van der Waals surface area (Å²) in [5.41, 5.74) is 10.7. The normalized spacial score (nSPS) is 11.2. The highest BCUT2D eigenvalue weighted by atomic mass is 32.1. The van der Waals surface area contributed by atoms with Crippen LogP contribution in [-0.4, -0.2) is 0 Å². The number of hydrogen-bond donors (Lipinski definition) is 0. The number of benzene rings is 7. The molecule has 8 aromatic rings. The summed E-state index contributed by atoms with van der Waals surface area (Å²) >= 11 is 1.86. The van der Waals surface area contributed by atoms with Gasteiger partial charge in [0.2, 0.25) is 0 Å². The molecule has 0 radical (unpaired) electrons. The monoisotopic (exact) mass is 579 g/mol. The average molecular weight is 580 g/mol. The van der Waals surface area contributed by atoms with Crippen LogP contribution < -0.4 is 4.90 Å². The molecule has 0 atom stereocenters. The van der Waals surface area contributed by atoms with Gasteiger partial charge in [0.1, 0.15) is 0 Å². The Hall–Kier alpha value is -5.44. The average Bonchev–Trinajstić information content (AvgIpc) is 3.49. The summed E-state index contributed by atoms with van der Waals surface area (Å²) < 4.78 is 2.60. The molecular weight excluding hydrogens is 551 g/mol. The molecule has 0 bridgehead atoms. The minimum atomic E-state index is 1.12. The van der Waals surface area contributed by atoms with Crippen molar-refractivity contribution in [3.8, 4) is 33.4 Å². The molecule has 1 heterocycles. The van der Waals surface area contributed by atoms with E-state index in [0.717, 1.165) is 17.1 Å². The van der Waals surface area contributed by atoms with Gasteiger partial charge < -0.3 is 4.90 Å². The predicted octanol–water partition coefficient (Wildman–Crippen LogP) is 12.5. The Bertz CT molecular complexity index is 2200. The van der Waals surface area contributed by atoms with Gasteiger partial charge in [-0.1, -0.05) is 140 Å². The molecule has 0 saturated carbocycles. The molecule has 0 saturated heterocycles. The van der Waals surface area contributed by atoms with Crippen molar-refractivity contribution in [1.29, 1.82) is 0 Å². The Morgan fingerprint density at radius 2 is 0.932 bits per heavy atom. The summed E-state index contributed by atoms with van der Waals surface area (Å²) in [4.78, 5) is 2.44. The maximum absolute atomic E-state index is 2.44. The van der Waals surface area contributed by atoms with E-state index in [9.17, 15) is 0 Å². The van der Waals surface area contributed by atoms with Crippen LogP contribution >= 0.6 is 11.3 Å². The summed E-state index contributed by atoms with van der Waals surface area (Å²) in [5, 5.41) is 2.59. The third-order valence-corrected chi connectivity index (χ3v) is 9.42. The van der Waals surface area contributed by atoms with Crippen molar-refractivity contribution in [3.05, 3.63) is 176 Å². The van der Waals surface area contributed by atoms with Crippen LogP contribution in [-0.2, 0) is 0 Å². The lowest BCUT2D eigenvalue weighted by Gasteiger charge is -2.30. The molecule has 0 aliphatic carbocycles. The Morgan fingerprint density at radius 1 is 0.364 bits per heavy atom. The lowest BCUT2D eigenvalue weighted by atomic mass is 9.94. The van der Waals surface area contributed by atoms with Crippen molar-refractivity contribution in [3.63, 3.8) is 0 Å². The SMILES string of the molecule is c1ccc(-c2ccc(-c3c(N(c4ccccc4)c4ccccc4-c4ccccc4)ccc4sc5ccccc5c34)cc2)cc1. The van der Waals surface area contributed by atoms with Crippen molar-refractivity contribution in [2.45, 2.75) is 0 Å². The summed E-state index contributed by atoms with van der Waals surface area (Å²) in [5.74, 6) is 0. The number of anilines is 3. The van der Waals surface area contributed by atoms with E-state index < -0.39 is 0 Å². The molecule has 2 heteroatoms. The number of rotatable bonds is 6. The van der Waals surface area contributed by atoms with Crippen molar-refractivity contribution >= 4 is 48.6 Å². The Kier molecular flexibility index (Phi) is 6.75. The van der Waals surface area contributed by atoms with Crippen LogP contribution in [0.3, 0.4) is 0 Å². The quantitative estimate of drug-likeness (QED) is 0.189. The molecule has 208 valence electrons. The van der Waals surface area contributed by atoms with Crippen LogP contribution in [0.25, 0.3) is 53.6 Å². The Labute approximate surface area is 261 Å². The topological polar surface area (TPSA) is 3.24 Å². The third kappa shape index (κ3) is 4.66. The van der Waals surface area contributed by atoms with Gasteiger partial charge in [-0.3, -0.25) is 0 Å². The maximum Gasteiger partial charge on any atom is 0.0547 e. The third-order valence-electron chi connectivity index (χ3n) is 8.29. The van der Waals surface area contributed by atoms with Crippen molar-refractivity contribution < 1.29 is 0 Å². The highest BCUT2D eigenvalue weighted by molar-refractivity contribution is 7.26. The minimum Gasteiger partial charge on any atom is -0.309 e. The highest BCUT2D eigenvalue weighted by Crippen LogP contribution is 2.50. The summed E-state index contributed by atoms with van der Waals surface area (Å²) in [6.07, 6.45) is 0. The van der Waals surface area contributed by atoms with E-state index in [-0.39, 0.29) is 0 Å². The van der Waals surface area contributed by atoms with E-state index in [1.165, 1.54) is 53.6 Å². The molecule has 0 N–H and O–H groups in total. The number of thiophene rings is 1. The molecule has 7 aromatic carbocycles. The molecule has 0 fully saturated rings. The highest BCUT2D eigenvalue weighted by Gasteiger charge is 2.23. The van der Waals surface area contributed by atoms with E-state index in [2.05, 4.69) is 181 Å².